The molecular formula is C8H6F13NaO3S. The van der Waals surface area contributed by atoms with E-state index in [1.54, 1.807) is 0 Å². The third kappa shape index (κ3) is 4.35. The van der Waals surface area contributed by atoms with Gasteiger partial charge in [-0.2, -0.15) is 69.7 Å². The van der Waals surface area contributed by atoms with Crippen molar-refractivity contribution in [1.82, 2.24) is 0 Å². The van der Waals surface area contributed by atoms with Gasteiger partial charge in [-0.05, 0) is 6.92 Å². The van der Waals surface area contributed by atoms with Gasteiger partial charge in [0, 0.05) is 0 Å². The summed E-state index contributed by atoms with van der Waals surface area (Å²) >= 11 is 0. The summed E-state index contributed by atoms with van der Waals surface area (Å²) in [6.07, 6.45) is -14.6. The van der Waals surface area contributed by atoms with Gasteiger partial charge in [-0.25, -0.2) is 0 Å². The summed E-state index contributed by atoms with van der Waals surface area (Å²) < 4.78 is 187. The molecule has 0 bridgehead atoms. The molecule has 0 aromatic rings. The second kappa shape index (κ2) is 7.44. The van der Waals surface area contributed by atoms with Crippen LogP contribution in [0, 0.1) is 0 Å². The number of hydrogen-bond acceptors (Lipinski definition) is 3. The van der Waals surface area contributed by atoms with Crippen molar-refractivity contribution in [3.8, 4) is 0 Å². The van der Waals surface area contributed by atoms with Crippen molar-refractivity contribution >= 4 is 39.7 Å². The molecule has 0 aliphatic carbocycles. The Kier molecular flexibility index (Phi) is 8.07. The average Bonchev–Trinajstić information content (AvgIpc) is 2.35. The van der Waals surface area contributed by atoms with E-state index in [0.29, 0.717) is 6.92 Å². The van der Waals surface area contributed by atoms with Crippen molar-refractivity contribution in [3.05, 3.63) is 0 Å². The Labute approximate surface area is 158 Å². The van der Waals surface area contributed by atoms with Crippen LogP contribution >= 0.6 is 0 Å². The monoisotopic (exact) mass is 452 g/mol. The molecule has 18 heteroatoms. The van der Waals surface area contributed by atoms with Gasteiger partial charge in [0.2, 0.25) is 0 Å². The normalized spacial score (nSPS) is 15.6. The minimum atomic E-state index is -8.11. The SMILES string of the molecule is CCS(=O)(=O)OC(F)(F)C(F)(F)C(F)(F)C(F)(F)C(F)(F)C(F)(F)F.[NaH]. The van der Waals surface area contributed by atoms with Crippen LogP contribution in [0.1, 0.15) is 6.92 Å². The molecule has 26 heavy (non-hydrogen) atoms. The molecule has 0 radical (unpaired) electrons. The molecule has 0 fully saturated rings. The van der Waals surface area contributed by atoms with Gasteiger partial charge in [-0.3, -0.25) is 0 Å². The van der Waals surface area contributed by atoms with Crippen LogP contribution < -0.4 is 0 Å². The van der Waals surface area contributed by atoms with Crippen molar-refractivity contribution in [2.75, 3.05) is 5.75 Å². The predicted octanol–water partition coefficient (Wildman–Crippen LogP) is 3.40. The van der Waals surface area contributed by atoms with Crippen molar-refractivity contribution in [2.24, 2.45) is 0 Å². The molecule has 0 amide bonds. The minimum absolute atomic E-state index is 0. The van der Waals surface area contributed by atoms with E-state index in [-0.39, 0.29) is 29.6 Å². The molecule has 0 aliphatic heterocycles. The van der Waals surface area contributed by atoms with E-state index in [4.69, 9.17) is 0 Å². The molecule has 3 nitrogen and oxygen atoms in total. The Hall–Kier alpha value is -0.000000000000000444. The van der Waals surface area contributed by atoms with Crippen LogP contribution in [-0.2, 0) is 14.3 Å². The summed E-state index contributed by atoms with van der Waals surface area (Å²) in [5.74, 6) is -33.5. The van der Waals surface area contributed by atoms with E-state index in [1.807, 2.05) is 0 Å². The van der Waals surface area contributed by atoms with Gasteiger partial charge in [0.25, 0.3) is 10.1 Å². The van der Waals surface area contributed by atoms with Gasteiger partial charge in [-0.1, -0.05) is 0 Å². The molecule has 0 aromatic carbocycles. The Morgan fingerprint density at radius 1 is 0.654 bits per heavy atom. The Balaban J connectivity index is 0. The Morgan fingerprint density at radius 2 is 0.962 bits per heavy atom. The van der Waals surface area contributed by atoms with Crippen LogP contribution in [0.4, 0.5) is 57.1 Å². The number of alkyl halides is 13. The second-order valence-electron chi connectivity index (χ2n) is 4.24. The van der Waals surface area contributed by atoms with Crippen molar-refractivity contribution in [3.63, 3.8) is 0 Å². The number of hydrogen-bond donors (Lipinski definition) is 0. The first-order chi connectivity index (χ1) is 10.5. The molecule has 0 saturated carbocycles. The summed E-state index contributed by atoms with van der Waals surface area (Å²) in [5.41, 5.74) is 0. The molecule has 0 heterocycles. The average molecular weight is 452 g/mol. The van der Waals surface area contributed by atoms with Gasteiger partial charge in [0.05, 0.1) is 5.75 Å². The first-order valence-corrected chi connectivity index (χ1v) is 6.98. The number of halogens is 13. The van der Waals surface area contributed by atoms with E-state index in [1.165, 1.54) is 0 Å². The van der Waals surface area contributed by atoms with Crippen LogP contribution in [0.15, 0.2) is 0 Å². The van der Waals surface area contributed by atoms with Crippen molar-refractivity contribution in [2.45, 2.75) is 42.9 Å². The fourth-order valence-corrected chi connectivity index (χ4v) is 1.57. The van der Waals surface area contributed by atoms with E-state index in [9.17, 15) is 65.5 Å². The topological polar surface area (TPSA) is 43.4 Å². The summed E-state index contributed by atoms with van der Waals surface area (Å²) in [6, 6.07) is 0. The fraction of sp³-hybridized carbons (Fsp3) is 1.00. The van der Waals surface area contributed by atoms with Gasteiger partial charge in [0.15, 0.2) is 0 Å². The Bertz CT molecular complexity index is 597. The first-order valence-electron chi connectivity index (χ1n) is 5.41. The Morgan fingerprint density at radius 3 is 1.23 bits per heavy atom. The summed E-state index contributed by atoms with van der Waals surface area (Å²) in [4.78, 5) is 0. The zero-order valence-electron chi connectivity index (χ0n) is 11.3. The van der Waals surface area contributed by atoms with E-state index in [2.05, 4.69) is 4.18 Å². The van der Waals surface area contributed by atoms with Gasteiger partial charge in [0.1, 0.15) is 0 Å². The first kappa shape index (κ1) is 28.2. The van der Waals surface area contributed by atoms with Crippen molar-refractivity contribution in [1.29, 1.82) is 0 Å². The third-order valence-corrected chi connectivity index (χ3v) is 3.66. The van der Waals surface area contributed by atoms with Crippen LogP contribution in [0.3, 0.4) is 0 Å². The molecule has 0 N–H and O–H groups in total. The van der Waals surface area contributed by atoms with Crippen LogP contribution in [0.25, 0.3) is 0 Å². The fourth-order valence-electron chi connectivity index (χ4n) is 1.03. The van der Waals surface area contributed by atoms with Crippen LogP contribution in [0.2, 0.25) is 0 Å². The molecule has 0 rings (SSSR count). The molecular weight excluding hydrogens is 446 g/mol. The second-order valence-corrected chi connectivity index (χ2v) is 6.10. The van der Waals surface area contributed by atoms with Crippen molar-refractivity contribution < 1.29 is 69.7 Å². The van der Waals surface area contributed by atoms with Gasteiger partial charge >= 0.3 is 65.5 Å². The maximum atomic E-state index is 13.0. The van der Waals surface area contributed by atoms with Gasteiger partial charge < -0.3 is 0 Å². The predicted molar refractivity (Wildman–Crippen MR) is 58.5 cm³/mol. The summed E-state index contributed by atoms with van der Waals surface area (Å²) in [5, 5.41) is 0. The third-order valence-electron chi connectivity index (χ3n) is 2.49. The molecule has 0 aliphatic rings. The zero-order valence-corrected chi connectivity index (χ0v) is 12.1. The molecule has 0 saturated heterocycles. The number of rotatable bonds is 7. The molecule has 0 spiro atoms. The quantitative estimate of drug-likeness (QED) is 0.338. The van der Waals surface area contributed by atoms with Gasteiger partial charge in [-0.15, -0.1) is 0 Å². The van der Waals surface area contributed by atoms with E-state index >= 15 is 0 Å². The van der Waals surface area contributed by atoms with Crippen LogP contribution in [-0.4, -0.2) is 79.7 Å². The summed E-state index contributed by atoms with van der Waals surface area (Å²) in [6.45, 7) is 0.439. The summed E-state index contributed by atoms with van der Waals surface area (Å²) in [7, 11) is -5.75. The molecule has 0 atom stereocenters. The maximum absolute atomic E-state index is 13.0. The zero-order chi connectivity index (χ0) is 20.9. The van der Waals surface area contributed by atoms with Crippen LogP contribution in [0.5, 0.6) is 0 Å². The standard InChI is InChI=1S/C8H5F13O3S.Na.H/c1-2-25(22,23)24-8(20,21)6(15,16)4(11,12)3(9,10)5(13,14)7(17,18)19;;/h2H2,1H3;;. The molecule has 154 valence electrons. The molecule has 0 unspecified atom stereocenters. The van der Waals surface area contributed by atoms with E-state index in [0.717, 1.165) is 0 Å². The van der Waals surface area contributed by atoms with E-state index < -0.39 is 51.8 Å². The molecule has 0 aromatic heterocycles.